The molecule has 3 rings (SSSR count). The molecular weight excluding hydrogens is 283 g/mol. The van der Waals surface area contributed by atoms with Crippen molar-refractivity contribution in [2.24, 2.45) is 0 Å². The molecule has 1 aromatic carbocycles. The van der Waals surface area contributed by atoms with Crippen molar-refractivity contribution in [2.45, 2.75) is 6.92 Å². The standard InChI is InChI=1S/C15H19FN6/c1-2-21-7-9-22(10-8-21)14-11-17-20-15(19-14)18-13-6-4-3-5-12(13)16/h3-6,11H,2,7-10H2,1H3,(H,18,19,20). The number of hydrogen-bond donors (Lipinski definition) is 1. The molecule has 0 saturated carbocycles. The van der Waals surface area contributed by atoms with Gasteiger partial charge in [-0.2, -0.15) is 10.1 Å². The maximum Gasteiger partial charge on any atom is 0.249 e. The largest absolute Gasteiger partial charge is 0.353 e. The fourth-order valence-corrected chi connectivity index (χ4v) is 2.48. The molecule has 0 amide bonds. The molecule has 116 valence electrons. The normalized spacial score (nSPS) is 15.8. The first-order valence-electron chi connectivity index (χ1n) is 7.45. The molecule has 0 atom stereocenters. The van der Waals surface area contributed by atoms with Gasteiger partial charge in [-0.1, -0.05) is 19.1 Å². The van der Waals surface area contributed by atoms with Crippen molar-refractivity contribution in [1.82, 2.24) is 20.1 Å². The highest BCUT2D eigenvalue weighted by Gasteiger charge is 2.17. The van der Waals surface area contributed by atoms with Gasteiger partial charge in [0.25, 0.3) is 0 Å². The third kappa shape index (κ3) is 3.30. The lowest BCUT2D eigenvalue weighted by molar-refractivity contribution is 0.270. The molecule has 1 fully saturated rings. The number of piperazine rings is 1. The first kappa shape index (κ1) is 14.6. The zero-order chi connectivity index (χ0) is 15.4. The molecule has 0 bridgehead atoms. The van der Waals surface area contributed by atoms with Crippen molar-refractivity contribution in [3.63, 3.8) is 0 Å². The average Bonchev–Trinajstić information content (AvgIpc) is 2.57. The number of para-hydroxylation sites is 1. The molecule has 22 heavy (non-hydrogen) atoms. The number of anilines is 3. The van der Waals surface area contributed by atoms with Crippen molar-refractivity contribution in [2.75, 3.05) is 42.9 Å². The Morgan fingerprint density at radius 2 is 1.95 bits per heavy atom. The maximum absolute atomic E-state index is 13.7. The Bertz CT molecular complexity index is 627. The lowest BCUT2D eigenvalue weighted by Crippen LogP contribution is -2.46. The second-order valence-corrected chi connectivity index (χ2v) is 5.16. The molecular formula is C15H19FN6. The van der Waals surface area contributed by atoms with Crippen molar-refractivity contribution >= 4 is 17.5 Å². The van der Waals surface area contributed by atoms with Crippen LogP contribution in [0, 0.1) is 5.82 Å². The minimum Gasteiger partial charge on any atom is -0.353 e. The molecule has 7 heteroatoms. The number of nitrogens with zero attached hydrogens (tertiary/aromatic N) is 5. The summed E-state index contributed by atoms with van der Waals surface area (Å²) in [4.78, 5) is 9.01. The number of hydrogen-bond acceptors (Lipinski definition) is 6. The molecule has 0 aliphatic carbocycles. The van der Waals surface area contributed by atoms with Crippen LogP contribution in [0.4, 0.5) is 21.8 Å². The van der Waals surface area contributed by atoms with Gasteiger partial charge in [0.15, 0.2) is 5.82 Å². The van der Waals surface area contributed by atoms with E-state index in [1.807, 2.05) is 0 Å². The van der Waals surface area contributed by atoms with Crippen LogP contribution < -0.4 is 10.2 Å². The monoisotopic (exact) mass is 302 g/mol. The molecule has 0 radical (unpaired) electrons. The van der Waals surface area contributed by atoms with Crippen LogP contribution in [0.15, 0.2) is 30.5 Å². The highest BCUT2D eigenvalue weighted by atomic mass is 19.1. The third-order valence-corrected chi connectivity index (χ3v) is 3.81. The quantitative estimate of drug-likeness (QED) is 0.931. The topological polar surface area (TPSA) is 57.2 Å². The van der Waals surface area contributed by atoms with Crippen molar-refractivity contribution in [1.29, 1.82) is 0 Å². The smallest absolute Gasteiger partial charge is 0.249 e. The van der Waals surface area contributed by atoms with Gasteiger partial charge >= 0.3 is 0 Å². The van der Waals surface area contributed by atoms with E-state index in [9.17, 15) is 4.39 Å². The van der Waals surface area contributed by atoms with Crippen LogP contribution >= 0.6 is 0 Å². The third-order valence-electron chi connectivity index (χ3n) is 3.81. The van der Waals surface area contributed by atoms with Gasteiger partial charge in [0.05, 0.1) is 11.9 Å². The van der Waals surface area contributed by atoms with Gasteiger partial charge < -0.3 is 15.1 Å². The predicted molar refractivity (Wildman–Crippen MR) is 83.8 cm³/mol. The molecule has 2 heterocycles. The van der Waals surface area contributed by atoms with Gasteiger partial charge in [-0.3, -0.25) is 0 Å². The Balaban J connectivity index is 1.72. The van der Waals surface area contributed by atoms with Crippen molar-refractivity contribution in [3.8, 4) is 0 Å². The summed E-state index contributed by atoms with van der Waals surface area (Å²) < 4.78 is 13.7. The van der Waals surface area contributed by atoms with Crippen LogP contribution in [0.2, 0.25) is 0 Å². The summed E-state index contributed by atoms with van der Waals surface area (Å²) in [6.45, 7) is 7.07. The van der Waals surface area contributed by atoms with E-state index in [0.29, 0.717) is 11.6 Å². The van der Waals surface area contributed by atoms with Crippen LogP contribution in [0.1, 0.15) is 6.92 Å². The molecule has 0 spiro atoms. The van der Waals surface area contributed by atoms with Crippen LogP contribution in [0.5, 0.6) is 0 Å². The lowest BCUT2D eigenvalue weighted by atomic mass is 10.3. The van der Waals surface area contributed by atoms with E-state index in [1.54, 1.807) is 24.4 Å². The van der Waals surface area contributed by atoms with E-state index in [2.05, 4.69) is 37.2 Å². The Hall–Kier alpha value is -2.28. The van der Waals surface area contributed by atoms with E-state index in [0.717, 1.165) is 38.5 Å². The van der Waals surface area contributed by atoms with Crippen LogP contribution in [-0.2, 0) is 0 Å². The number of aromatic nitrogens is 3. The molecule has 1 aliphatic rings. The number of halogens is 1. The molecule has 1 saturated heterocycles. The Kier molecular flexibility index (Phi) is 4.43. The van der Waals surface area contributed by atoms with Crippen molar-refractivity contribution < 1.29 is 4.39 Å². The minimum absolute atomic E-state index is 0.306. The SMILES string of the molecule is CCN1CCN(c2cnnc(Nc3ccccc3F)n2)CC1. The van der Waals surface area contributed by atoms with E-state index < -0.39 is 0 Å². The Morgan fingerprint density at radius 1 is 1.18 bits per heavy atom. The average molecular weight is 302 g/mol. The number of nitrogens with one attached hydrogen (secondary N) is 1. The second kappa shape index (κ2) is 6.65. The van der Waals surface area contributed by atoms with Crippen LogP contribution in [-0.4, -0.2) is 52.8 Å². The molecule has 1 aliphatic heterocycles. The van der Waals surface area contributed by atoms with E-state index in [-0.39, 0.29) is 5.82 Å². The van der Waals surface area contributed by atoms with Crippen molar-refractivity contribution in [3.05, 3.63) is 36.3 Å². The zero-order valence-electron chi connectivity index (χ0n) is 12.5. The van der Waals surface area contributed by atoms with Gasteiger partial charge in [-0.05, 0) is 18.7 Å². The van der Waals surface area contributed by atoms with Gasteiger partial charge in [-0.25, -0.2) is 4.39 Å². The summed E-state index contributed by atoms with van der Waals surface area (Å²) in [5, 5.41) is 10.8. The Labute approximate surface area is 129 Å². The summed E-state index contributed by atoms with van der Waals surface area (Å²) in [7, 11) is 0. The van der Waals surface area contributed by atoms with Gasteiger partial charge in [0, 0.05) is 26.2 Å². The molecule has 0 unspecified atom stereocenters. The molecule has 6 nitrogen and oxygen atoms in total. The Morgan fingerprint density at radius 3 is 2.68 bits per heavy atom. The first-order chi connectivity index (χ1) is 10.8. The molecule has 2 aromatic rings. The predicted octanol–water partition coefficient (Wildman–Crippen LogP) is 1.90. The zero-order valence-corrected chi connectivity index (χ0v) is 12.5. The fraction of sp³-hybridized carbons (Fsp3) is 0.400. The van der Waals surface area contributed by atoms with Crippen LogP contribution in [0.25, 0.3) is 0 Å². The lowest BCUT2D eigenvalue weighted by Gasteiger charge is -2.34. The second-order valence-electron chi connectivity index (χ2n) is 5.16. The molecule has 1 N–H and O–H groups in total. The summed E-state index contributed by atoms with van der Waals surface area (Å²) in [5.41, 5.74) is 0.345. The number of rotatable bonds is 4. The summed E-state index contributed by atoms with van der Waals surface area (Å²) in [5.74, 6) is 0.734. The van der Waals surface area contributed by atoms with Crippen LogP contribution in [0.3, 0.4) is 0 Å². The number of likely N-dealkylation sites (N-methyl/N-ethyl adjacent to an activating group) is 1. The van der Waals surface area contributed by atoms with E-state index in [1.165, 1.54) is 6.07 Å². The summed E-state index contributed by atoms with van der Waals surface area (Å²) in [6, 6.07) is 6.44. The maximum atomic E-state index is 13.7. The summed E-state index contributed by atoms with van der Waals surface area (Å²) >= 11 is 0. The van der Waals surface area contributed by atoms with E-state index >= 15 is 0 Å². The fourth-order valence-electron chi connectivity index (χ4n) is 2.48. The highest BCUT2D eigenvalue weighted by molar-refractivity contribution is 5.55. The minimum atomic E-state index is -0.340. The summed E-state index contributed by atoms with van der Waals surface area (Å²) in [6.07, 6.45) is 1.65. The van der Waals surface area contributed by atoms with Gasteiger partial charge in [0.1, 0.15) is 5.82 Å². The highest BCUT2D eigenvalue weighted by Crippen LogP contribution is 2.18. The molecule has 1 aromatic heterocycles. The van der Waals surface area contributed by atoms with Gasteiger partial charge in [-0.15, -0.1) is 5.10 Å². The first-order valence-corrected chi connectivity index (χ1v) is 7.45. The number of benzene rings is 1. The van der Waals surface area contributed by atoms with Gasteiger partial charge in [0.2, 0.25) is 5.95 Å². The van der Waals surface area contributed by atoms with E-state index in [4.69, 9.17) is 0 Å².